The zero-order valence-electron chi connectivity index (χ0n) is 15.4. The summed E-state index contributed by atoms with van der Waals surface area (Å²) in [6, 6.07) is 6.34. The Morgan fingerprint density at radius 3 is 2.28 bits per heavy atom. The Labute approximate surface area is 151 Å². The van der Waals surface area contributed by atoms with Gasteiger partial charge in [-0.3, -0.25) is 4.79 Å². The van der Waals surface area contributed by atoms with Gasteiger partial charge in [-0.25, -0.2) is 8.42 Å². The molecule has 1 amide bonds. The smallest absolute Gasteiger partial charge is 0.253 e. The summed E-state index contributed by atoms with van der Waals surface area (Å²) in [4.78, 5) is 14.2. The Morgan fingerprint density at radius 1 is 1.12 bits per heavy atom. The molecule has 1 aliphatic rings. The Kier molecular flexibility index (Phi) is 6.98. The second-order valence-corrected chi connectivity index (χ2v) is 8.67. The Morgan fingerprint density at radius 2 is 1.72 bits per heavy atom. The van der Waals surface area contributed by atoms with Crippen LogP contribution in [0.2, 0.25) is 0 Å². The van der Waals surface area contributed by atoms with E-state index in [0.29, 0.717) is 18.7 Å². The van der Waals surface area contributed by atoms with Crippen molar-refractivity contribution in [3.63, 3.8) is 0 Å². The molecule has 0 spiro atoms. The first-order valence-corrected chi connectivity index (χ1v) is 10.3. The molecule has 1 N–H and O–H groups in total. The number of amides is 1. The van der Waals surface area contributed by atoms with E-state index in [2.05, 4.69) is 5.32 Å². The monoisotopic (exact) mass is 367 g/mol. The van der Waals surface area contributed by atoms with E-state index in [-0.39, 0.29) is 16.8 Å². The molecule has 1 saturated carbocycles. The fourth-order valence-electron chi connectivity index (χ4n) is 3.18. The topological polar surface area (TPSA) is 69.7 Å². The van der Waals surface area contributed by atoms with E-state index >= 15 is 0 Å². The van der Waals surface area contributed by atoms with Gasteiger partial charge < -0.3 is 10.2 Å². The van der Waals surface area contributed by atoms with E-state index in [9.17, 15) is 13.2 Å². The quantitative estimate of drug-likeness (QED) is 0.799. The van der Waals surface area contributed by atoms with Crippen molar-refractivity contribution in [3.05, 3.63) is 29.8 Å². The molecule has 1 aromatic carbocycles. The average Bonchev–Trinajstić information content (AvgIpc) is 2.65. The van der Waals surface area contributed by atoms with Crippen LogP contribution in [0.5, 0.6) is 0 Å². The highest BCUT2D eigenvalue weighted by Crippen LogP contribution is 2.26. The summed E-state index contributed by atoms with van der Waals surface area (Å²) in [7, 11) is 1.72. The van der Waals surface area contributed by atoms with E-state index in [4.69, 9.17) is 0 Å². The first-order chi connectivity index (χ1) is 11.9. The van der Waals surface area contributed by atoms with Crippen LogP contribution in [0, 0.1) is 0 Å². The lowest BCUT2D eigenvalue weighted by Gasteiger charge is -2.30. The van der Waals surface area contributed by atoms with Crippen molar-refractivity contribution in [2.75, 3.05) is 34.2 Å². The molecule has 0 aliphatic heterocycles. The molecule has 1 aromatic rings. The molecule has 0 saturated heterocycles. The Balaban J connectivity index is 2.11. The second kappa shape index (κ2) is 8.78. The van der Waals surface area contributed by atoms with Crippen LogP contribution in [-0.4, -0.2) is 63.8 Å². The highest BCUT2D eigenvalue weighted by molar-refractivity contribution is 7.89. The lowest BCUT2D eigenvalue weighted by Crippen LogP contribution is -2.38. The number of nitrogens with zero attached hydrogens (tertiary/aromatic N) is 2. The van der Waals surface area contributed by atoms with Gasteiger partial charge in [0.25, 0.3) is 5.91 Å². The van der Waals surface area contributed by atoms with E-state index < -0.39 is 10.0 Å². The number of hydrogen-bond acceptors (Lipinski definition) is 4. The molecule has 140 valence electrons. The lowest BCUT2D eigenvalue weighted by molar-refractivity contribution is 0.0796. The van der Waals surface area contributed by atoms with Crippen molar-refractivity contribution in [2.45, 2.75) is 43.0 Å². The number of sulfonamides is 1. The minimum atomic E-state index is -3.52. The van der Waals surface area contributed by atoms with Gasteiger partial charge in [-0.05, 0) is 44.2 Å². The van der Waals surface area contributed by atoms with Gasteiger partial charge in [0.05, 0.1) is 4.90 Å². The molecule has 0 bridgehead atoms. The third-order valence-corrected chi connectivity index (χ3v) is 6.84. The summed E-state index contributed by atoms with van der Waals surface area (Å²) in [6.07, 6.45) is 5.18. The maximum Gasteiger partial charge on any atom is 0.253 e. The number of likely N-dealkylation sites (N-methyl/N-ethyl adjacent to an activating group) is 2. The van der Waals surface area contributed by atoms with Gasteiger partial charge in [-0.2, -0.15) is 4.31 Å². The molecule has 25 heavy (non-hydrogen) atoms. The van der Waals surface area contributed by atoms with Crippen LogP contribution >= 0.6 is 0 Å². The number of benzene rings is 1. The van der Waals surface area contributed by atoms with Crippen molar-refractivity contribution in [2.24, 2.45) is 0 Å². The van der Waals surface area contributed by atoms with Crippen molar-refractivity contribution in [3.8, 4) is 0 Å². The molecule has 1 fully saturated rings. The third kappa shape index (κ3) is 4.80. The Bertz CT molecular complexity index is 667. The fourth-order valence-corrected chi connectivity index (χ4v) is 4.59. The van der Waals surface area contributed by atoms with Crippen molar-refractivity contribution >= 4 is 15.9 Å². The van der Waals surface area contributed by atoms with E-state index in [1.165, 1.54) is 22.9 Å². The van der Waals surface area contributed by atoms with Crippen LogP contribution < -0.4 is 5.32 Å². The Hall–Kier alpha value is -1.44. The molecule has 2 rings (SSSR count). The first-order valence-electron chi connectivity index (χ1n) is 8.86. The molecule has 6 nitrogen and oxygen atoms in total. The van der Waals surface area contributed by atoms with Crippen LogP contribution in [0.1, 0.15) is 42.5 Å². The SMILES string of the molecule is CNCCN(C)C(=O)c1ccc(S(=O)(=O)N(C)C2CCCCC2)cc1. The fraction of sp³-hybridized carbons (Fsp3) is 0.611. The van der Waals surface area contributed by atoms with Gasteiger partial charge in [-0.15, -0.1) is 0 Å². The van der Waals surface area contributed by atoms with E-state index in [1.54, 1.807) is 31.1 Å². The van der Waals surface area contributed by atoms with Crippen molar-refractivity contribution in [1.29, 1.82) is 0 Å². The number of rotatable bonds is 7. The van der Waals surface area contributed by atoms with Gasteiger partial charge in [0.15, 0.2) is 0 Å². The van der Waals surface area contributed by atoms with Gasteiger partial charge in [0.2, 0.25) is 10.0 Å². The second-order valence-electron chi connectivity index (χ2n) is 6.67. The molecule has 7 heteroatoms. The zero-order valence-corrected chi connectivity index (χ0v) is 16.2. The standard InChI is InChI=1S/C18H29N3O3S/c1-19-13-14-20(2)18(22)15-9-11-17(12-10-15)25(23,24)21(3)16-7-5-4-6-8-16/h9-12,16,19H,4-8,13-14H2,1-3H3. The summed E-state index contributed by atoms with van der Waals surface area (Å²) < 4.78 is 27.1. The third-order valence-electron chi connectivity index (χ3n) is 4.91. The summed E-state index contributed by atoms with van der Waals surface area (Å²) in [5, 5.41) is 3.00. The largest absolute Gasteiger partial charge is 0.340 e. The molecule has 0 heterocycles. The molecule has 1 aliphatic carbocycles. The molecule has 0 radical (unpaired) electrons. The number of carbonyl (C=O) groups excluding carboxylic acids is 1. The van der Waals surface area contributed by atoms with Gasteiger partial charge >= 0.3 is 0 Å². The minimum Gasteiger partial charge on any atom is -0.340 e. The average molecular weight is 368 g/mol. The predicted molar refractivity (Wildman–Crippen MR) is 99.2 cm³/mol. The molecular formula is C18H29N3O3S. The van der Waals surface area contributed by atoms with Crippen LogP contribution in [-0.2, 0) is 10.0 Å². The minimum absolute atomic E-state index is 0.0766. The van der Waals surface area contributed by atoms with Gasteiger partial charge in [0, 0.05) is 38.8 Å². The molecular weight excluding hydrogens is 338 g/mol. The highest BCUT2D eigenvalue weighted by Gasteiger charge is 2.29. The molecule has 0 aromatic heterocycles. The van der Waals surface area contributed by atoms with Gasteiger partial charge in [0.1, 0.15) is 0 Å². The summed E-state index contributed by atoms with van der Waals surface area (Å²) >= 11 is 0. The zero-order chi connectivity index (χ0) is 18.4. The summed E-state index contributed by atoms with van der Waals surface area (Å²) in [6.45, 7) is 1.31. The normalized spacial score (nSPS) is 16.2. The van der Waals surface area contributed by atoms with Crippen LogP contribution in [0.4, 0.5) is 0 Å². The van der Waals surface area contributed by atoms with Crippen LogP contribution in [0.15, 0.2) is 29.2 Å². The van der Waals surface area contributed by atoms with Crippen molar-refractivity contribution in [1.82, 2.24) is 14.5 Å². The number of hydrogen-bond donors (Lipinski definition) is 1. The summed E-state index contributed by atoms with van der Waals surface area (Å²) in [5.41, 5.74) is 0.498. The van der Waals surface area contributed by atoms with Crippen LogP contribution in [0.25, 0.3) is 0 Å². The first kappa shape index (κ1) is 19.9. The number of nitrogens with one attached hydrogen (secondary N) is 1. The number of carbonyl (C=O) groups is 1. The maximum absolute atomic E-state index is 12.8. The van der Waals surface area contributed by atoms with E-state index in [0.717, 1.165) is 25.7 Å². The van der Waals surface area contributed by atoms with Crippen molar-refractivity contribution < 1.29 is 13.2 Å². The van der Waals surface area contributed by atoms with Gasteiger partial charge in [-0.1, -0.05) is 19.3 Å². The van der Waals surface area contributed by atoms with Crippen LogP contribution in [0.3, 0.4) is 0 Å². The van der Waals surface area contributed by atoms with E-state index in [1.807, 2.05) is 7.05 Å². The summed E-state index contributed by atoms with van der Waals surface area (Å²) in [5.74, 6) is -0.111. The molecule has 0 unspecified atom stereocenters. The highest BCUT2D eigenvalue weighted by atomic mass is 32.2. The lowest BCUT2D eigenvalue weighted by atomic mass is 9.96. The predicted octanol–water partition coefficient (Wildman–Crippen LogP) is 1.93. The molecule has 0 atom stereocenters. The maximum atomic E-state index is 12.8.